The minimum absolute atomic E-state index is 0.109. The van der Waals surface area contributed by atoms with E-state index >= 15 is 0 Å². The van der Waals surface area contributed by atoms with E-state index in [0.29, 0.717) is 18.7 Å². The van der Waals surface area contributed by atoms with Gasteiger partial charge >= 0.3 is 11.7 Å². The monoisotopic (exact) mass is 384 g/mol. The summed E-state index contributed by atoms with van der Waals surface area (Å²) in [6.45, 7) is 5.51. The van der Waals surface area contributed by atoms with Crippen molar-refractivity contribution in [2.75, 3.05) is 20.2 Å². The molecule has 1 saturated heterocycles. The van der Waals surface area contributed by atoms with Crippen molar-refractivity contribution in [3.63, 3.8) is 0 Å². The Hall–Kier alpha value is -3.42. The highest BCUT2D eigenvalue weighted by atomic mass is 16.6. The summed E-state index contributed by atoms with van der Waals surface area (Å²) in [7, 11) is 1.22. The molecule has 1 aliphatic heterocycles. The maximum Gasteiger partial charge on any atom is 0.337 e. The van der Waals surface area contributed by atoms with Gasteiger partial charge in [-0.25, -0.2) is 4.79 Å². The lowest BCUT2D eigenvalue weighted by Crippen LogP contribution is -2.55. The first-order valence-electron chi connectivity index (χ1n) is 8.64. The van der Waals surface area contributed by atoms with Crippen LogP contribution in [0, 0.1) is 15.5 Å². The first-order chi connectivity index (χ1) is 13.2. The van der Waals surface area contributed by atoms with Crippen LogP contribution < -0.4 is 4.74 Å². The Bertz CT molecular complexity index is 945. The van der Waals surface area contributed by atoms with Crippen LogP contribution in [-0.4, -0.2) is 41.9 Å². The van der Waals surface area contributed by atoms with Crippen LogP contribution in [0.4, 0.5) is 5.69 Å². The van der Waals surface area contributed by atoms with Gasteiger partial charge < -0.3 is 14.4 Å². The Kier molecular flexibility index (Phi) is 5.04. The summed E-state index contributed by atoms with van der Waals surface area (Å²) in [6, 6.07) is 10.1. The number of nitrogens with zero attached hydrogens (tertiary/aromatic N) is 2. The molecule has 0 spiro atoms. The van der Waals surface area contributed by atoms with E-state index in [1.807, 2.05) is 0 Å². The van der Waals surface area contributed by atoms with Crippen molar-refractivity contribution in [1.82, 2.24) is 4.90 Å². The summed E-state index contributed by atoms with van der Waals surface area (Å²) >= 11 is 0. The number of nitro groups is 1. The smallest absolute Gasteiger partial charge is 0.337 e. The molecule has 1 amide bonds. The zero-order valence-electron chi connectivity index (χ0n) is 15.8. The van der Waals surface area contributed by atoms with Gasteiger partial charge in [0.1, 0.15) is 5.75 Å². The van der Waals surface area contributed by atoms with E-state index in [1.165, 1.54) is 31.4 Å². The average molecular weight is 384 g/mol. The minimum Gasteiger partial charge on any atom is -0.465 e. The molecule has 1 aliphatic rings. The highest BCUT2D eigenvalue weighted by Gasteiger charge is 2.37. The number of rotatable bonds is 5. The van der Waals surface area contributed by atoms with Gasteiger partial charge in [-0.2, -0.15) is 0 Å². The molecule has 3 rings (SSSR count). The van der Waals surface area contributed by atoms with Crippen molar-refractivity contribution >= 4 is 17.6 Å². The fourth-order valence-corrected chi connectivity index (χ4v) is 3.12. The molecule has 0 atom stereocenters. The minimum atomic E-state index is -0.635. The van der Waals surface area contributed by atoms with Gasteiger partial charge in [0.2, 0.25) is 5.75 Å². The normalized spacial score (nSPS) is 14.8. The second kappa shape index (κ2) is 7.30. The van der Waals surface area contributed by atoms with Crippen LogP contribution in [0.3, 0.4) is 0 Å². The van der Waals surface area contributed by atoms with Gasteiger partial charge in [0.15, 0.2) is 0 Å². The molecule has 0 aromatic heterocycles. The van der Waals surface area contributed by atoms with Crippen LogP contribution in [0.15, 0.2) is 42.5 Å². The molecule has 146 valence electrons. The van der Waals surface area contributed by atoms with E-state index in [0.717, 1.165) is 0 Å². The van der Waals surface area contributed by atoms with Gasteiger partial charge in [-0.15, -0.1) is 0 Å². The van der Waals surface area contributed by atoms with Crippen LogP contribution in [0.2, 0.25) is 0 Å². The summed E-state index contributed by atoms with van der Waals surface area (Å²) in [4.78, 5) is 36.7. The standard InChI is InChI=1S/C20H20N2O6/c1-20(2)11-21(12-20)18(23)13-5-4-6-15(9-13)28-17-10-14(19(24)27-3)7-8-16(17)22(25)26/h4-10H,11-12H2,1-3H3. The van der Waals surface area contributed by atoms with Crippen molar-refractivity contribution in [3.8, 4) is 11.5 Å². The van der Waals surface area contributed by atoms with Crippen LogP contribution in [0.1, 0.15) is 34.6 Å². The Morgan fingerprint density at radius 2 is 1.82 bits per heavy atom. The summed E-state index contributed by atoms with van der Waals surface area (Å²) in [5, 5.41) is 11.3. The second-order valence-corrected chi connectivity index (χ2v) is 7.39. The number of esters is 1. The molecular weight excluding hydrogens is 364 g/mol. The van der Waals surface area contributed by atoms with Gasteiger partial charge in [-0.05, 0) is 29.7 Å². The van der Waals surface area contributed by atoms with Gasteiger partial charge in [0, 0.05) is 30.8 Å². The fourth-order valence-electron chi connectivity index (χ4n) is 3.12. The number of carbonyl (C=O) groups is 2. The molecule has 0 N–H and O–H groups in total. The second-order valence-electron chi connectivity index (χ2n) is 7.39. The first kappa shape index (κ1) is 19.3. The van der Waals surface area contributed by atoms with Crippen molar-refractivity contribution in [2.45, 2.75) is 13.8 Å². The van der Waals surface area contributed by atoms with Crippen molar-refractivity contribution < 1.29 is 24.0 Å². The molecule has 1 heterocycles. The van der Waals surface area contributed by atoms with Gasteiger partial charge in [0.25, 0.3) is 5.91 Å². The largest absolute Gasteiger partial charge is 0.465 e. The van der Waals surface area contributed by atoms with E-state index in [9.17, 15) is 19.7 Å². The van der Waals surface area contributed by atoms with E-state index in [1.54, 1.807) is 23.1 Å². The van der Waals surface area contributed by atoms with Gasteiger partial charge in [-0.3, -0.25) is 14.9 Å². The number of amides is 1. The molecule has 8 heteroatoms. The molecule has 2 aromatic carbocycles. The maximum absolute atomic E-state index is 12.6. The topological polar surface area (TPSA) is 99.0 Å². The van der Waals surface area contributed by atoms with Crippen molar-refractivity contribution in [3.05, 3.63) is 63.7 Å². The van der Waals surface area contributed by atoms with Crippen LogP contribution in [0.25, 0.3) is 0 Å². The van der Waals surface area contributed by atoms with Crippen molar-refractivity contribution in [1.29, 1.82) is 0 Å². The lowest BCUT2D eigenvalue weighted by Gasteiger charge is -2.45. The molecular formula is C20H20N2O6. The molecule has 0 radical (unpaired) electrons. The summed E-state index contributed by atoms with van der Waals surface area (Å²) in [5.41, 5.74) is 0.366. The molecule has 28 heavy (non-hydrogen) atoms. The van der Waals surface area contributed by atoms with Crippen molar-refractivity contribution in [2.24, 2.45) is 5.41 Å². The highest BCUT2D eigenvalue weighted by Crippen LogP contribution is 2.34. The molecule has 0 saturated carbocycles. The van der Waals surface area contributed by atoms with Gasteiger partial charge in [0.05, 0.1) is 17.6 Å². The predicted octanol–water partition coefficient (Wildman–Crippen LogP) is 3.66. The molecule has 0 bridgehead atoms. The number of carbonyl (C=O) groups excluding carboxylic acids is 2. The van der Waals surface area contributed by atoms with E-state index in [-0.39, 0.29) is 34.1 Å². The fraction of sp³-hybridized carbons (Fsp3) is 0.300. The maximum atomic E-state index is 12.6. The molecule has 0 unspecified atom stereocenters. The van der Waals surface area contributed by atoms with E-state index in [2.05, 4.69) is 18.6 Å². The quantitative estimate of drug-likeness (QED) is 0.443. The van der Waals surface area contributed by atoms with Crippen LogP contribution >= 0.6 is 0 Å². The number of benzene rings is 2. The first-order valence-corrected chi connectivity index (χ1v) is 8.64. The molecule has 0 aliphatic carbocycles. The number of methoxy groups -OCH3 is 1. The van der Waals surface area contributed by atoms with E-state index in [4.69, 9.17) is 4.74 Å². The van der Waals surface area contributed by atoms with Crippen LogP contribution in [-0.2, 0) is 4.74 Å². The summed E-state index contributed by atoms with van der Waals surface area (Å²) < 4.78 is 10.3. The Morgan fingerprint density at radius 3 is 2.43 bits per heavy atom. The zero-order chi connectivity index (χ0) is 20.5. The lowest BCUT2D eigenvalue weighted by atomic mass is 9.84. The lowest BCUT2D eigenvalue weighted by molar-refractivity contribution is -0.385. The average Bonchev–Trinajstić information content (AvgIpc) is 2.64. The third-order valence-corrected chi connectivity index (χ3v) is 4.41. The third kappa shape index (κ3) is 3.95. The molecule has 2 aromatic rings. The molecule has 8 nitrogen and oxygen atoms in total. The Morgan fingerprint density at radius 1 is 1.11 bits per heavy atom. The van der Waals surface area contributed by atoms with E-state index < -0.39 is 10.9 Å². The summed E-state index contributed by atoms with van der Waals surface area (Å²) in [5.74, 6) is -0.606. The number of likely N-dealkylation sites (tertiary alicyclic amines) is 1. The number of hydrogen-bond acceptors (Lipinski definition) is 6. The Balaban J connectivity index is 1.86. The number of hydrogen-bond donors (Lipinski definition) is 0. The summed E-state index contributed by atoms with van der Waals surface area (Å²) in [6.07, 6.45) is 0. The zero-order valence-corrected chi connectivity index (χ0v) is 15.8. The third-order valence-electron chi connectivity index (χ3n) is 4.41. The highest BCUT2D eigenvalue weighted by molar-refractivity contribution is 5.95. The Labute approximate surface area is 161 Å². The predicted molar refractivity (Wildman–Crippen MR) is 101 cm³/mol. The SMILES string of the molecule is COC(=O)c1ccc([N+](=O)[O-])c(Oc2cccc(C(=O)N3CC(C)(C)C3)c2)c1. The van der Waals surface area contributed by atoms with Gasteiger partial charge in [-0.1, -0.05) is 19.9 Å². The van der Waals surface area contributed by atoms with Crippen LogP contribution in [0.5, 0.6) is 11.5 Å². The molecule has 1 fully saturated rings. The number of nitro benzene ring substituents is 1. The number of ether oxygens (including phenoxy) is 2.